The van der Waals surface area contributed by atoms with Crippen LogP contribution in [0, 0.1) is 5.92 Å². The molecule has 0 spiro atoms. The number of aromatic nitrogens is 2. The molecule has 1 aromatic heterocycles. The number of carbonyl (C=O) groups is 2. The van der Waals surface area contributed by atoms with E-state index in [0.29, 0.717) is 40.2 Å². The number of aliphatic hydroxyl groups is 1. The lowest BCUT2D eigenvalue weighted by Crippen LogP contribution is -2.46. The molecule has 3 N–H and O–H groups in total. The van der Waals surface area contributed by atoms with Gasteiger partial charge in [0.05, 0.1) is 18.1 Å². The minimum atomic E-state index is -1.57. The molecule has 1 fully saturated rings. The smallest absolute Gasteiger partial charge is 0.413 e. The monoisotopic (exact) mass is 420 g/mol. The molecular formula is C23H24N4O4. The van der Waals surface area contributed by atoms with Crippen LogP contribution in [0.3, 0.4) is 0 Å². The molecule has 0 radical (unpaired) electrons. The van der Waals surface area contributed by atoms with Gasteiger partial charge in [-0.05, 0) is 37.0 Å². The number of methoxy groups -OCH3 is 1. The van der Waals surface area contributed by atoms with Crippen LogP contribution in [0.4, 0.5) is 10.7 Å². The van der Waals surface area contributed by atoms with Crippen LogP contribution in [-0.2, 0) is 10.5 Å². The maximum atomic E-state index is 13.3. The number of ether oxygens (including phenoxy) is 1. The number of amides is 2. The molecule has 2 aromatic carbocycles. The number of benzene rings is 2. The molecule has 1 aliphatic heterocycles. The first kappa shape index (κ1) is 19.6. The zero-order valence-electron chi connectivity index (χ0n) is 17.2. The van der Waals surface area contributed by atoms with Crippen molar-refractivity contribution in [3.05, 3.63) is 59.2 Å². The van der Waals surface area contributed by atoms with Crippen molar-refractivity contribution >= 4 is 29.0 Å². The zero-order valence-corrected chi connectivity index (χ0v) is 17.2. The van der Waals surface area contributed by atoms with Crippen molar-refractivity contribution in [3.8, 4) is 0 Å². The number of carbonyl (C=O) groups excluding carboxylic acids is 2. The van der Waals surface area contributed by atoms with Gasteiger partial charge in [-0.25, -0.2) is 9.78 Å². The maximum absolute atomic E-state index is 13.3. The second-order valence-corrected chi connectivity index (χ2v) is 8.22. The van der Waals surface area contributed by atoms with Gasteiger partial charge in [-0.15, -0.1) is 0 Å². The van der Waals surface area contributed by atoms with Crippen LogP contribution in [0.2, 0.25) is 0 Å². The molecule has 1 aliphatic carbocycles. The van der Waals surface area contributed by atoms with Crippen LogP contribution in [-0.4, -0.2) is 45.6 Å². The van der Waals surface area contributed by atoms with E-state index in [1.165, 1.54) is 7.11 Å². The van der Waals surface area contributed by atoms with Crippen LogP contribution in [0.15, 0.2) is 42.5 Å². The number of nitrogens with one attached hydrogen (secondary N) is 2. The van der Waals surface area contributed by atoms with Crippen molar-refractivity contribution in [1.29, 1.82) is 0 Å². The second-order valence-electron chi connectivity index (χ2n) is 8.22. The Labute approximate surface area is 179 Å². The highest BCUT2D eigenvalue weighted by Crippen LogP contribution is 2.44. The lowest BCUT2D eigenvalue weighted by atomic mass is 9.93. The minimum Gasteiger partial charge on any atom is -0.453 e. The summed E-state index contributed by atoms with van der Waals surface area (Å²) in [5, 5.41) is 14.5. The SMILES string of the molecule is COC(=O)Nc1nc2cc(C3(O)c4ccccc4C(=O)N3CC3CCCC3)ccc2[nH]1. The molecule has 0 bridgehead atoms. The summed E-state index contributed by atoms with van der Waals surface area (Å²) < 4.78 is 4.61. The molecule has 2 aliphatic rings. The highest BCUT2D eigenvalue weighted by Gasteiger charge is 2.50. The molecular weight excluding hydrogens is 396 g/mol. The molecule has 2 amide bonds. The largest absolute Gasteiger partial charge is 0.453 e. The quantitative estimate of drug-likeness (QED) is 0.598. The Hall–Kier alpha value is -3.39. The van der Waals surface area contributed by atoms with E-state index in [4.69, 9.17) is 0 Å². The fourth-order valence-electron chi connectivity index (χ4n) is 4.82. The van der Waals surface area contributed by atoms with Gasteiger partial charge in [0.25, 0.3) is 5.91 Å². The van der Waals surface area contributed by atoms with Gasteiger partial charge >= 0.3 is 6.09 Å². The topological polar surface area (TPSA) is 108 Å². The molecule has 8 heteroatoms. The van der Waals surface area contributed by atoms with Crippen molar-refractivity contribution in [3.63, 3.8) is 0 Å². The van der Waals surface area contributed by atoms with Gasteiger partial charge < -0.3 is 19.7 Å². The summed E-state index contributed by atoms with van der Waals surface area (Å²) in [5.41, 5.74) is 1.36. The van der Waals surface area contributed by atoms with Gasteiger partial charge in [0.1, 0.15) is 0 Å². The van der Waals surface area contributed by atoms with E-state index in [2.05, 4.69) is 20.0 Å². The van der Waals surface area contributed by atoms with Gasteiger partial charge in [-0.3, -0.25) is 10.1 Å². The first-order valence-corrected chi connectivity index (χ1v) is 10.5. The highest BCUT2D eigenvalue weighted by atomic mass is 16.5. The molecule has 2 heterocycles. The summed E-state index contributed by atoms with van der Waals surface area (Å²) in [5.74, 6) is 0.478. The molecule has 1 unspecified atom stereocenters. The summed E-state index contributed by atoms with van der Waals surface area (Å²) in [4.78, 5) is 33.8. The number of imidazole rings is 1. The van der Waals surface area contributed by atoms with Crippen LogP contribution >= 0.6 is 0 Å². The fourth-order valence-corrected chi connectivity index (χ4v) is 4.82. The van der Waals surface area contributed by atoms with Crippen molar-refractivity contribution in [1.82, 2.24) is 14.9 Å². The fraction of sp³-hybridized carbons (Fsp3) is 0.348. The molecule has 160 valence electrons. The number of anilines is 1. The van der Waals surface area contributed by atoms with Gasteiger partial charge in [-0.2, -0.15) is 0 Å². The van der Waals surface area contributed by atoms with E-state index in [0.717, 1.165) is 25.7 Å². The third-order valence-electron chi connectivity index (χ3n) is 6.38. The van der Waals surface area contributed by atoms with Crippen LogP contribution < -0.4 is 5.32 Å². The predicted molar refractivity (Wildman–Crippen MR) is 115 cm³/mol. The Bertz CT molecular complexity index is 1170. The Kier molecular flexibility index (Phi) is 4.66. The van der Waals surface area contributed by atoms with E-state index in [1.807, 2.05) is 12.1 Å². The highest BCUT2D eigenvalue weighted by molar-refractivity contribution is 6.00. The van der Waals surface area contributed by atoms with Crippen molar-refractivity contribution in [2.75, 3.05) is 19.0 Å². The minimum absolute atomic E-state index is 0.153. The second kappa shape index (κ2) is 7.39. The molecule has 1 atom stereocenters. The summed E-state index contributed by atoms with van der Waals surface area (Å²) in [6, 6.07) is 12.6. The maximum Gasteiger partial charge on any atom is 0.413 e. The zero-order chi connectivity index (χ0) is 21.6. The number of H-pyrrole nitrogens is 1. The average Bonchev–Trinajstić information content (AvgIpc) is 3.49. The number of hydrogen-bond acceptors (Lipinski definition) is 5. The Morgan fingerprint density at radius 3 is 2.84 bits per heavy atom. The first-order chi connectivity index (χ1) is 15.0. The van der Waals surface area contributed by atoms with Crippen molar-refractivity contribution in [2.24, 2.45) is 5.92 Å². The van der Waals surface area contributed by atoms with E-state index >= 15 is 0 Å². The third kappa shape index (κ3) is 3.14. The lowest BCUT2D eigenvalue weighted by molar-refractivity contribution is -0.0556. The summed E-state index contributed by atoms with van der Waals surface area (Å²) in [6.07, 6.45) is 3.82. The Morgan fingerprint density at radius 1 is 1.29 bits per heavy atom. The van der Waals surface area contributed by atoms with E-state index in [9.17, 15) is 14.7 Å². The van der Waals surface area contributed by atoms with Gasteiger partial charge in [0.2, 0.25) is 5.95 Å². The van der Waals surface area contributed by atoms with E-state index in [1.54, 1.807) is 35.2 Å². The number of aromatic amines is 1. The van der Waals surface area contributed by atoms with Crippen molar-refractivity contribution in [2.45, 2.75) is 31.4 Å². The summed E-state index contributed by atoms with van der Waals surface area (Å²) >= 11 is 0. The standard InChI is InChI=1S/C23H24N4O4/c1-31-22(29)26-21-24-18-11-10-15(12-19(18)25-21)23(30)17-9-5-4-8-16(17)20(28)27(23)13-14-6-2-3-7-14/h4-5,8-12,14,30H,2-3,6-7,13H2,1H3,(H2,24,25,26,29). The Morgan fingerprint density at radius 2 is 2.06 bits per heavy atom. The average molecular weight is 420 g/mol. The van der Waals surface area contributed by atoms with Crippen molar-refractivity contribution < 1.29 is 19.4 Å². The number of fused-ring (bicyclic) bond motifs is 2. The summed E-state index contributed by atoms with van der Waals surface area (Å²) in [6.45, 7) is 0.512. The number of nitrogens with zero attached hydrogens (tertiary/aromatic N) is 2. The van der Waals surface area contributed by atoms with Gasteiger partial charge in [0, 0.05) is 23.2 Å². The molecule has 5 rings (SSSR count). The first-order valence-electron chi connectivity index (χ1n) is 10.5. The lowest BCUT2D eigenvalue weighted by Gasteiger charge is -2.36. The molecule has 8 nitrogen and oxygen atoms in total. The van der Waals surface area contributed by atoms with Crippen LogP contribution in [0.5, 0.6) is 0 Å². The predicted octanol–water partition coefficient (Wildman–Crippen LogP) is 3.58. The molecule has 3 aromatic rings. The number of rotatable bonds is 4. The van der Waals surface area contributed by atoms with E-state index in [-0.39, 0.29) is 11.9 Å². The van der Waals surface area contributed by atoms with Crippen LogP contribution in [0.1, 0.15) is 47.2 Å². The van der Waals surface area contributed by atoms with E-state index < -0.39 is 11.8 Å². The normalized spacial score (nSPS) is 21.0. The van der Waals surface area contributed by atoms with Crippen LogP contribution in [0.25, 0.3) is 11.0 Å². The summed E-state index contributed by atoms with van der Waals surface area (Å²) in [7, 11) is 1.28. The Balaban J connectivity index is 1.58. The van der Waals surface area contributed by atoms with Gasteiger partial charge in [-0.1, -0.05) is 37.1 Å². The molecule has 31 heavy (non-hydrogen) atoms. The molecule has 1 saturated carbocycles. The number of hydrogen-bond donors (Lipinski definition) is 3. The van der Waals surface area contributed by atoms with Gasteiger partial charge in [0.15, 0.2) is 5.72 Å². The molecule has 0 saturated heterocycles. The third-order valence-corrected chi connectivity index (χ3v) is 6.38.